The number of carbonyl (C=O) groups excluding carboxylic acids is 1. The summed E-state index contributed by atoms with van der Waals surface area (Å²) in [6.07, 6.45) is 1.79. The highest BCUT2D eigenvalue weighted by atomic mass is 16.5. The van der Waals surface area contributed by atoms with Gasteiger partial charge in [0.1, 0.15) is 6.23 Å². The van der Waals surface area contributed by atoms with Gasteiger partial charge in [-0.1, -0.05) is 5.11 Å². The van der Waals surface area contributed by atoms with E-state index in [4.69, 9.17) is 4.74 Å². The third-order valence-electron chi connectivity index (χ3n) is 1.82. The topological polar surface area (TPSA) is 54.3 Å². The quantitative estimate of drug-likeness (QED) is 0.557. The monoisotopic (exact) mass is 171 g/mol. The van der Waals surface area contributed by atoms with E-state index in [0.29, 0.717) is 0 Å². The summed E-state index contributed by atoms with van der Waals surface area (Å²) in [5.74, 6) is 0. The second-order valence-corrected chi connectivity index (χ2v) is 2.66. The first-order chi connectivity index (χ1) is 5.75. The minimum atomic E-state index is -0.343. The lowest BCUT2D eigenvalue weighted by Gasteiger charge is -2.20. The molecule has 0 unspecified atom stereocenters. The van der Waals surface area contributed by atoms with Crippen molar-refractivity contribution in [2.24, 2.45) is 10.2 Å². The number of hydrogen-bond acceptors (Lipinski definition) is 3. The fourth-order valence-corrected chi connectivity index (χ4v) is 1.15. The van der Waals surface area contributed by atoms with Crippen molar-refractivity contribution in [2.75, 3.05) is 20.7 Å². The fraction of sp³-hybridized carbons (Fsp3) is 0.857. The highest BCUT2D eigenvalue weighted by Gasteiger charge is 2.23. The average molecular weight is 171 g/mol. The zero-order chi connectivity index (χ0) is 8.97. The molecule has 1 rings (SSSR count). The molecule has 1 aliphatic heterocycles. The number of nitrogens with zero attached hydrogens (tertiary/aromatic N) is 3. The van der Waals surface area contributed by atoms with Crippen LogP contribution in [0.1, 0.15) is 12.8 Å². The van der Waals surface area contributed by atoms with Crippen molar-refractivity contribution in [1.29, 1.82) is 0 Å². The molecule has 0 aromatic heterocycles. The van der Waals surface area contributed by atoms with E-state index in [0.717, 1.165) is 19.4 Å². The van der Waals surface area contributed by atoms with Crippen molar-refractivity contribution in [2.45, 2.75) is 19.1 Å². The SMILES string of the molecule is C/N=N\C(=O)N(C)[C@H]1CCCO1. The fourth-order valence-electron chi connectivity index (χ4n) is 1.15. The lowest BCUT2D eigenvalue weighted by atomic mass is 10.3. The van der Waals surface area contributed by atoms with Crippen LogP contribution in [0.3, 0.4) is 0 Å². The zero-order valence-corrected chi connectivity index (χ0v) is 7.36. The molecule has 0 saturated carbocycles. The molecule has 0 radical (unpaired) electrons. The highest BCUT2D eigenvalue weighted by Crippen LogP contribution is 2.15. The minimum Gasteiger partial charge on any atom is -0.358 e. The number of rotatable bonds is 1. The molecule has 0 N–H and O–H groups in total. The molecule has 1 saturated heterocycles. The Morgan fingerprint density at radius 1 is 1.67 bits per heavy atom. The van der Waals surface area contributed by atoms with Gasteiger partial charge < -0.3 is 4.74 Å². The van der Waals surface area contributed by atoms with Crippen LogP contribution in [-0.4, -0.2) is 37.9 Å². The van der Waals surface area contributed by atoms with Gasteiger partial charge in [-0.15, -0.1) is 0 Å². The second-order valence-electron chi connectivity index (χ2n) is 2.66. The lowest BCUT2D eigenvalue weighted by Crippen LogP contribution is -2.34. The second kappa shape index (κ2) is 4.15. The number of hydrogen-bond donors (Lipinski definition) is 0. The van der Waals surface area contributed by atoms with Gasteiger partial charge in [-0.2, -0.15) is 5.11 Å². The maximum Gasteiger partial charge on any atom is 0.363 e. The molecule has 1 atom stereocenters. The summed E-state index contributed by atoms with van der Waals surface area (Å²) in [6, 6.07) is -0.343. The van der Waals surface area contributed by atoms with Gasteiger partial charge in [0.2, 0.25) is 0 Å². The first kappa shape index (κ1) is 9.12. The maximum atomic E-state index is 11.1. The van der Waals surface area contributed by atoms with Gasteiger partial charge in [-0.3, -0.25) is 4.90 Å². The highest BCUT2D eigenvalue weighted by molar-refractivity contribution is 5.74. The van der Waals surface area contributed by atoms with E-state index in [2.05, 4.69) is 10.2 Å². The van der Waals surface area contributed by atoms with Crippen LogP contribution in [0.5, 0.6) is 0 Å². The van der Waals surface area contributed by atoms with Crippen LogP contribution >= 0.6 is 0 Å². The lowest BCUT2D eigenvalue weighted by molar-refractivity contribution is 0.0189. The molecule has 1 heterocycles. The Bertz CT molecular complexity index is 187. The number of ether oxygens (including phenoxy) is 1. The van der Waals surface area contributed by atoms with Crippen molar-refractivity contribution in [3.8, 4) is 0 Å². The Morgan fingerprint density at radius 2 is 2.42 bits per heavy atom. The molecule has 0 aliphatic carbocycles. The molecule has 68 valence electrons. The Balaban J connectivity index is 2.45. The molecule has 2 amide bonds. The number of carbonyl (C=O) groups is 1. The summed E-state index contributed by atoms with van der Waals surface area (Å²) in [4.78, 5) is 12.6. The summed E-state index contributed by atoms with van der Waals surface area (Å²) in [7, 11) is 3.15. The molecular formula is C7H13N3O2. The van der Waals surface area contributed by atoms with Gasteiger partial charge in [0.15, 0.2) is 0 Å². The maximum absolute atomic E-state index is 11.1. The van der Waals surface area contributed by atoms with Gasteiger partial charge in [0, 0.05) is 20.7 Å². The Labute approximate surface area is 71.4 Å². The van der Waals surface area contributed by atoms with E-state index < -0.39 is 0 Å². The number of amides is 2. The summed E-state index contributed by atoms with van der Waals surface area (Å²) >= 11 is 0. The van der Waals surface area contributed by atoms with Crippen LogP contribution in [0.2, 0.25) is 0 Å². The zero-order valence-electron chi connectivity index (χ0n) is 7.36. The van der Waals surface area contributed by atoms with Crippen molar-refractivity contribution < 1.29 is 9.53 Å². The van der Waals surface area contributed by atoms with E-state index in [9.17, 15) is 4.79 Å². The molecule has 12 heavy (non-hydrogen) atoms. The Morgan fingerprint density at radius 3 is 2.92 bits per heavy atom. The first-order valence-electron chi connectivity index (χ1n) is 3.94. The number of azo groups is 1. The van der Waals surface area contributed by atoms with E-state index in [1.54, 1.807) is 7.05 Å². The summed E-state index contributed by atoms with van der Waals surface area (Å²) in [6.45, 7) is 0.728. The van der Waals surface area contributed by atoms with Crippen LogP contribution in [-0.2, 0) is 4.74 Å². The third-order valence-corrected chi connectivity index (χ3v) is 1.82. The standard InChI is InChI=1S/C7H13N3O2/c1-8-9-7(11)10(2)6-4-3-5-12-6/h6H,3-5H2,1-2H3/b9-8-/t6-/m1/s1. The molecule has 1 fully saturated rings. The van der Waals surface area contributed by atoms with Crippen molar-refractivity contribution in [3.05, 3.63) is 0 Å². The van der Waals surface area contributed by atoms with Crippen LogP contribution in [0.25, 0.3) is 0 Å². The Hall–Kier alpha value is -0.970. The molecule has 0 aromatic rings. The summed E-state index contributed by atoms with van der Waals surface area (Å²) < 4.78 is 5.29. The van der Waals surface area contributed by atoms with Gasteiger partial charge in [0.05, 0.1) is 0 Å². The van der Waals surface area contributed by atoms with Crippen LogP contribution in [0.15, 0.2) is 10.2 Å². The molecule has 5 heteroatoms. The van der Waals surface area contributed by atoms with Crippen LogP contribution in [0, 0.1) is 0 Å². The molecular weight excluding hydrogens is 158 g/mol. The molecule has 0 bridgehead atoms. The van der Waals surface area contributed by atoms with Gasteiger partial charge in [0.25, 0.3) is 0 Å². The number of urea groups is 1. The smallest absolute Gasteiger partial charge is 0.358 e. The molecule has 1 aliphatic rings. The first-order valence-corrected chi connectivity index (χ1v) is 3.94. The molecule has 5 nitrogen and oxygen atoms in total. The normalized spacial score (nSPS) is 23.3. The van der Waals surface area contributed by atoms with Crippen molar-refractivity contribution in [1.82, 2.24) is 4.90 Å². The van der Waals surface area contributed by atoms with Crippen molar-refractivity contribution in [3.63, 3.8) is 0 Å². The van der Waals surface area contributed by atoms with E-state index >= 15 is 0 Å². The van der Waals surface area contributed by atoms with Gasteiger partial charge in [-0.25, -0.2) is 4.79 Å². The van der Waals surface area contributed by atoms with Crippen LogP contribution in [0.4, 0.5) is 4.79 Å². The summed E-state index contributed by atoms with van der Waals surface area (Å²) in [5, 5.41) is 6.81. The predicted octanol–water partition coefficient (Wildman–Crippen LogP) is 1.26. The van der Waals surface area contributed by atoms with Crippen LogP contribution < -0.4 is 0 Å². The van der Waals surface area contributed by atoms with E-state index in [1.807, 2.05) is 0 Å². The average Bonchev–Trinajstić information content (AvgIpc) is 2.55. The predicted molar refractivity (Wildman–Crippen MR) is 42.9 cm³/mol. The van der Waals surface area contributed by atoms with Crippen molar-refractivity contribution >= 4 is 6.03 Å². The Kier molecular flexibility index (Phi) is 3.16. The van der Waals surface area contributed by atoms with E-state index in [1.165, 1.54) is 11.9 Å². The third kappa shape index (κ3) is 2.01. The van der Waals surface area contributed by atoms with E-state index in [-0.39, 0.29) is 12.3 Å². The molecule has 0 aromatic carbocycles. The largest absolute Gasteiger partial charge is 0.363 e. The van der Waals surface area contributed by atoms with Gasteiger partial charge >= 0.3 is 6.03 Å². The minimum absolute atomic E-state index is 0.108. The summed E-state index contributed by atoms with van der Waals surface area (Å²) in [5.41, 5.74) is 0. The molecule has 0 spiro atoms. The van der Waals surface area contributed by atoms with Gasteiger partial charge in [-0.05, 0) is 12.8 Å².